The number of aryl methyl sites for hydroxylation is 1. The van der Waals surface area contributed by atoms with E-state index in [2.05, 4.69) is 43.1 Å². The fourth-order valence-electron chi connectivity index (χ4n) is 2.19. The molecular formula is C15H25N3O. The van der Waals surface area contributed by atoms with Gasteiger partial charge in [-0.15, -0.1) is 0 Å². The summed E-state index contributed by atoms with van der Waals surface area (Å²) in [7, 11) is 0. The molecule has 106 valence electrons. The van der Waals surface area contributed by atoms with Crippen molar-refractivity contribution in [2.45, 2.75) is 39.8 Å². The molecule has 1 aliphatic rings. The average Bonchev–Trinajstić information content (AvgIpc) is 2.45. The van der Waals surface area contributed by atoms with Crippen LogP contribution in [0.4, 0.5) is 5.82 Å². The quantitative estimate of drug-likeness (QED) is 0.881. The second-order valence-electron chi connectivity index (χ2n) is 5.31. The van der Waals surface area contributed by atoms with Crippen LogP contribution in [-0.4, -0.2) is 37.3 Å². The summed E-state index contributed by atoms with van der Waals surface area (Å²) in [6, 6.07) is 4.92. The SMILES string of the molecule is CCc1cc(CNC(C)C)cc(N2CCOCC2)n1. The molecular weight excluding hydrogens is 238 g/mol. The van der Waals surface area contributed by atoms with Gasteiger partial charge in [-0.1, -0.05) is 20.8 Å². The Morgan fingerprint density at radius 3 is 2.68 bits per heavy atom. The first-order valence-electron chi connectivity index (χ1n) is 7.25. The molecule has 2 heterocycles. The molecule has 4 nitrogen and oxygen atoms in total. The molecule has 0 radical (unpaired) electrons. The highest BCUT2D eigenvalue weighted by Gasteiger charge is 2.13. The van der Waals surface area contributed by atoms with Gasteiger partial charge in [0.2, 0.25) is 0 Å². The van der Waals surface area contributed by atoms with E-state index in [-0.39, 0.29) is 0 Å². The molecule has 1 N–H and O–H groups in total. The van der Waals surface area contributed by atoms with E-state index in [1.165, 1.54) is 11.3 Å². The number of hydrogen-bond acceptors (Lipinski definition) is 4. The van der Waals surface area contributed by atoms with Crippen molar-refractivity contribution < 1.29 is 4.74 Å². The number of morpholine rings is 1. The molecule has 0 amide bonds. The van der Waals surface area contributed by atoms with Gasteiger partial charge in [-0.2, -0.15) is 0 Å². The first-order valence-corrected chi connectivity index (χ1v) is 7.25. The normalized spacial score (nSPS) is 16.1. The van der Waals surface area contributed by atoms with Crippen LogP contribution >= 0.6 is 0 Å². The van der Waals surface area contributed by atoms with Crippen molar-refractivity contribution in [2.75, 3.05) is 31.2 Å². The second kappa shape index (κ2) is 6.87. The highest BCUT2D eigenvalue weighted by atomic mass is 16.5. The third kappa shape index (κ3) is 4.18. The van der Waals surface area contributed by atoms with E-state index in [1.54, 1.807) is 0 Å². The topological polar surface area (TPSA) is 37.4 Å². The van der Waals surface area contributed by atoms with Crippen LogP contribution in [0.3, 0.4) is 0 Å². The van der Waals surface area contributed by atoms with Gasteiger partial charge in [-0.3, -0.25) is 0 Å². The van der Waals surface area contributed by atoms with Gasteiger partial charge in [0.05, 0.1) is 13.2 Å². The standard InChI is InChI=1S/C15H25N3O/c1-4-14-9-13(11-16-12(2)3)10-15(17-14)18-5-7-19-8-6-18/h9-10,12,16H,4-8,11H2,1-3H3. The minimum Gasteiger partial charge on any atom is -0.378 e. The van der Waals surface area contributed by atoms with Crippen molar-refractivity contribution in [1.29, 1.82) is 0 Å². The van der Waals surface area contributed by atoms with Crippen LogP contribution in [0.5, 0.6) is 0 Å². The number of pyridine rings is 1. The van der Waals surface area contributed by atoms with Crippen LogP contribution in [0.2, 0.25) is 0 Å². The van der Waals surface area contributed by atoms with Crippen LogP contribution in [0, 0.1) is 0 Å². The molecule has 4 heteroatoms. The zero-order chi connectivity index (χ0) is 13.7. The molecule has 1 aromatic heterocycles. The van der Waals surface area contributed by atoms with Crippen LogP contribution in [0.25, 0.3) is 0 Å². The molecule has 0 saturated carbocycles. The molecule has 0 bridgehead atoms. The molecule has 0 aromatic carbocycles. The third-order valence-corrected chi connectivity index (χ3v) is 3.34. The summed E-state index contributed by atoms with van der Waals surface area (Å²) in [5, 5.41) is 3.47. The van der Waals surface area contributed by atoms with Crippen molar-refractivity contribution in [3.63, 3.8) is 0 Å². The summed E-state index contributed by atoms with van der Waals surface area (Å²) >= 11 is 0. The van der Waals surface area contributed by atoms with Crippen molar-refractivity contribution in [3.05, 3.63) is 23.4 Å². The summed E-state index contributed by atoms with van der Waals surface area (Å²) in [5.74, 6) is 1.10. The van der Waals surface area contributed by atoms with Crippen LogP contribution in [-0.2, 0) is 17.7 Å². The fourth-order valence-corrected chi connectivity index (χ4v) is 2.19. The molecule has 1 fully saturated rings. The van der Waals surface area contributed by atoms with Crippen molar-refractivity contribution in [1.82, 2.24) is 10.3 Å². The van der Waals surface area contributed by atoms with Crippen LogP contribution in [0.1, 0.15) is 32.0 Å². The second-order valence-corrected chi connectivity index (χ2v) is 5.31. The van der Waals surface area contributed by atoms with Gasteiger partial charge in [0.25, 0.3) is 0 Å². The Hall–Kier alpha value is -1.13. The molecule has 1 aromatic rings. The zero-order valence-corrected chi connectivity index (χ0v) is 12.3. The van der Waals surface area contributed by atoms with Gasteiger partial charge < -0.3 is 15.0 Å². The number of nitrogens with zero attached hydrogens (tertiary/aromatic N) is 2. The molecule has 0 aliphatic carbocycles. The summed E-state index contributed by atoms with van der Waals surface area (Å²) in [4.78, 5) is 7.07. The maximum atomic E-state index is 5.41. The molecule has 0 spiro atoms. The van der Waals surface area contributed by atoms with E-state index >= 15 is 0 Å². The van der Waals surface area contributed by atoms with Gasteiger partial charge in [-0.25, -0.2) is 4.98 Å². The van der Waals surface area contributed by atoms with Gasteiger partial charge in [0.15, 0.2) is 0 Å². The van der Waals surface area contributed by atoms with Crippen molar-refractivity contribution in [2.24, 2.45) is 0 Å². The van der Waals surface area contributed by atoms with E-state index < -0.39 is 0 Å². The van der Waals surface area contributed by atoms with Crippen LogP contribution in [0.15, 0.2) is 12.1 Å². The number of aromatic nitrogens is 1. The van der Waals surface area contributed by atoms with Crippen LogP contribution < -0.4 is 10.2 Å². The zero-order valence-electron chi connectivity index (χ0n) is 12.3. The molecule has 0 unspecified atom stereocenters. The predicted molar refractivity (Wildman–Crippen MR) is 78.6 cm³/mol. The molecule has 0 atom stereocenters. The molecule has 2 rings (SSSR count). The van der Waals surface area contributed by atoms with E-state index in [1.807, 2.05) is 0 Å². The van der Waals surface area contributed by atoms with Crippen molar-refractivity contribution in [3.8, 4) is 0 Å². The van der Waals surface area contributed by atoms with E-state index in [0.29, 0.717) is 6.04 Å². The summed E-state index contributed by atoms with van der Waals surface area (Å²) in [6.45, 7) is 10.9. The first kappa shape index (κ1) is 14.3. The number of nitrogens with one attached hydrogen (secondary N) is 1. The maximum Gasteiger partial charge on any atom is 0.129 e. The monoisotopic (exact) mass is 263 g/mol. The lowest BCUT2D eigenvalue weighted by molar-refractivity contribution is 0.122. The Balaban J connectivity index is 2.14. The van der Waals surface area contributed by atoms with Gasteiger partial charge >= 0.3 is 0 Å². The number of rotatable bonds is 5. The predicted octanol–water partition coefficient (Wildman–Crippen LogP) is 1.98. The lowest BCUT2D eigenvalue weighted by atomic mass is 10.1. The highest BCUT2D eigenvalue weighted by Crippen LogP contribution is 2.17. The van der Waals surface area contributed by atoms with Crippen molar-refractivity contribution >= 4 is 5.82 Å². The fraction of sp³-hybridized carbons (Fsp3) is 0.667. The minimum atomic E-state index is 0.505. The van der Waals surface area contributed by atoms with Gasteiger partial charge in [-0.05, 0) is 24.1 Å². The summed E-state index contributed by atoms with van der Waals surface area (Å²) < 4.78 is 5.41. The van der Waals surface area contributed by atoms with E-state index in [4.69, 9.17) is 9.72 Å². The van der Waals surface area contributed by atoms with E-state index in [9.17, 15) is 0 Å². The summed E-state index contributed by atoms with van der Waals surface area (Å²) in [5.41, 5.74) is 2.49. The highest BCUT2D eigenvalue weighted by molar-refractivity contribution is 5.43. The van der Waals surface area contributed by atoms with Gasteiger partial charge in [0, 0.05) is 31.4 Å². The molecule has 1 aliphatic heterocycles. The largest absolute Gasteiger partial charge is 0.378 e. The Labute approximate surface area is 116 Å². The maximum absolute atomic E-state index is 5.41. The number of ether oxygens (including phenoxy) is 1. The molecule has 1 saturated heterocycles. The smallest absolute Gasteiger partial charge is 0.129 e. The minimum absolute atomic E-state index is 0.505. The Morgan fingerprint density at radius 1 is 1.32 bits per heavy atom. The number of anilines is 1. The Kier molecular flexibility index (Phi) is 5.16. The lowest BCUT2D eigenvalue weighted by Crippen LogP contribution is -2.37. The van der Waals surface area contributed by atoms with E-state index in [0.717, 1.165) is 45.1 Å². The van der Waals surface area contributed by atoms with Gasteiger partial charge in [0.1, 0.15) is 5.82 Å². The average molecular weight is 263 g/mol. The number of hydrogen-bond donors (Lipinski definition) is 1. The Morgan fingerprint density at radius 2 is 2.05 bits per heavy atom. The molecule has 19 heavy (non-hydrogen) atoms. The first-order chi connectivity index (χ1) is 9.19. The third-order valence-electron chi connectivity index (χ3n) is 3.34. The lowest BCUT2D eigenvalue weighted by Gasteiger charge is -2.28. The Bertz CT molecular complexity index is 400. The summed E-state index contributed by atoms with van der Waals surface area (Å²) in [6.07, 6.45) is 0.979.